The zero-order valence-electron chi connectivity index (χ0n) is 11.8. The van der Waals surface area contributed by atoms with E-state index in [1.54, 1.807) is 0 Å². The molecule has 0 aromatic heterocycles. The second-order valence-corrected chi connectivity index (χ2v) is 7.49. The van der Waals surface area contributed by atoms with Gasteiger partial charge in [-0.2, -0.15) is 0 Å². The molecule has 1 aromatic carbocycles. The van der Waals surface area contributed by atoms with Gasteiger partial charge in [-0.3, -0.25) is 0 Å². The molecule has 0 unspecified atom stereocenters. The molecule has 0 heterocycles. The molecule has 0 aliphatic carbocycles. The van der Waals surface area contributed by atoms with Crippen LogP contribution in [0.1, 0.15) is 39.5 Å². The zero-order valence-corrected chi connectivity index (χ0v) is 14.2. The Hall–Kier alpha value is -0.460. The van der Waals surface area contributed by atoms with Gasteiger partial charge in [0.05, 0.1) is 0 Å². The average Bonchev–Trinajstić information content (AvgIpc) is 2.38. The molecule has 1 aromatic rings. The molecule has 0 bridgehead atoms. The van der Waals surface area contributed by atoms with Crippen molar-refractivity contribution >= 4 is 26.0 Å². The van der Waals surface area contributed by atoms with Gasteiger partial charge in [-0.05, 0) is 30.5 Å². The van der Waals surface area contributed by atoms with Crippen molar-refractivity contribution in [1.82, 2.24) is 4.72 Å². The maximum atomic E-state index is 13.7. The SMILES string of the molecule is CCCC[C@@H](CC)CNS(=O)(=O)c1ccc(Br)cc1F. The molecular weight excluding hydrogens is 345 g/mol. The summed E-state index contributed by atoms with van der Waals surface area (Å²) in [4.78, 5) is -0.300. The number of halogens is 2. The van der Waals surface area contributed by atoms with E-state index in [4.69, 9.17) is 0 Å². The van der Waals surface area contributed by atoms with Crippen LogP contribution in [0.2, 0.25) is 0 Å². The van der Waals surface area contributed by atoms with Gasteiger partial charge >= 0.3 is 0 Å². The Bertz CT molecular complexity index is 534. The lowest BCUT2D eigenvalue weighted by Gasteiger charge is -2.15. The molecule has 0 radical (unpaired) electrons. The van der Waals surface area contributed by atoms with E-state index >= 15 is 0 Å². The van der Waals surface area contributed by atoms with E-state index in [0.717, 1.165) is 31.7 Å². The van der Waals surface area contributed by atoms with Crippen LogP contribution in [0.15, 0.2) is 27.6 Å². The topological polar surface area (TPSA) is 46.2 Å². The lowest BCUT2D eigenvalue weighted by atomic mass is 10.00. The Morgan fingerprint density at radius 2 is 2.05 bits per heavy atom. The van der Waals surface area contributed by atoms with Crippen molar-refractivity contribution < 1.29 is 12.8 Å². The summed E-state index contributed by atoms with van der Waals surface area (Å²) in [6, 6.07) is 3.95. The smallest absolute Gasteiger partial charge is 0.211 e. The van der Waals surface area contributed by atoms with Crippen LogP contribution in [-0.4, -0.2) is 15.0 Å². The van der Waals surface area contributed by atoms with E-state index in [9.17, 15) is 12.8 Å². The van der Waals surface area contributed by atoms with Crippen molar-refractivity contribution in [2.75, 3.05) is 6.54 Å². The van der Waals surface area contributed by atoms with E-state index in [-0.39, 0.29) is 4.90 Å². The fraction of sp³-hybridized carbons (Fsp3) is 0.571. The van der Waals surface area contributed by atoms with Crippen molar-refractivity contribution in [3.05, 3.63) is 28.5 Å². The Labute approximate surface area is 129 Å². The summed E-state index contributed by atoms with van der Waals surface area (Å²) >= 11 is 3.11. The third kappa shape index (κ3) is 5.14. The minimum Gasteiger partial charge on any atom is -0.211 e. The lowest BCUT2D eigenvalue weighted by Crippen LogP contribution is -2.30. The van der Waals surface area contributed by atoms with E-state index in [0.29, 0.717) is 16.9 Å². The van der Waals surface area contributed by atoms with Crippen molar-refractivity contribution in [3.63, 3.8) is 0 Å². The van der Waals surface area contributed by atoms with E-state index < -0.39 is 15.8 Å². The monoisotopic (exact) mass is 365 g/mol. The second-order valence-electron chi connectivity index (χ2n) is 4.84. The van der Waals surface area contributed by atoms with Crippen LogP contribution >= 0.6 is 15.9 Å². The first-order valence-electron chi connectivity index (χ1n) is 6.85. The zero-order chi connectivity index (χ0) is 15.2. The highest BCUT2D eigenvalue weighted by atomic mass is 79.9. The molecule has 6 heteroatoms. The van der Waals surface area contributed by atoms with Crippen molar-refractivity contribution in [2.24, 2.45) is 5.92 Å². The van der Waals surface area contributed by atoms with E-state index in [1.807, 2.05) is 6.92 Å². The summed E-state index contributed by atoms with van der Waals surface area (Å²) < 4.78 is 40.9. The molecule has 20 heavy (non-hydrogen) atoms. The van der Waals surface area contributed by atoms with Crippen LogP contribution in [0.25, 0.3) is 0 Å². The third-order valence-electron chi connectivity index (χ3n) is 3.29. The highest BCUT2D eigenvalue weighted by Gasteiger charge is 2.20. The summed E-state index contributed by atoms with van der Waals surface area (Å²) in [5, 5.41) is 0. The minimum atomic E-state index is -3.78. The number of hydrogen-bond acceptors (Lipinski definition) is 2. The Morgan fingerprint density at radius 3 is 2.60 bits per heavy atom. The quantitative estimate of drug-likeness (QED) is 0.754. The van der Waals surface area contributed by atoms with Crippen molar-refractivity contribution in [2.45, 2.75) is 44.4 Å². The largest absolute Gasteiger partial charge is 0.243 e. The predicted molar refractivity (Wildman–Crippen MR) is 82.6 cm³/mol. The molecule has 1 rings (SSSR count). The van der Waals surface area contributed by atoms with Crippen LogP contribution in [0, 0.1) is 11.7 Å². The number of nitrogens with one attached hydrogen (secondary N) is 1. The van der Waals surface area contributed by atoms with Crippen LogP contribution in [-0.2, 0) is 10.0 Å². The first-order chi connectivity index (χ1) is 9.40. The van der Waals surface area contributed by atoms with Crippen LogP contribution in [0.4, 0.5) is 4.39 Å². The molecular formula is C14H21BrFNO2S. The van der Waals surface area contributed by atoms with Gasteiger partial charge < -0.3 is 0 Å². The second kappa shape index (κ2) is 8.10. The van der Waals surface area contributed by atoms with Gasteiger partial charge in [-0.1, -0.05) is 49.0 Å². The average molecular weight is 366 g/mol. The van der Waals surface area contributed by atoms with E-state index in [1.165, 1.54) is 12.1 Å². The molecule has 0 saturated carbocycles. The van der Waals surface area contributed by atoms with Gasteiger partial charge in [-0.15, -0.1) is 0 Å². The Morgan fingerprint density at radius 1 is 1.35 bits per heavy atom. The van der Waals surface area contributed by atoms with Gasteiger partial charge in [0.15, 0.2) is 0 Å². The van der Waals surface area contributed by atoms with Crippen LogP contribution in [0.3, 0.4) is 0 Å². The molecule has 114 valence electrons. The summed E-state index contributed by atoms with van der Waals surface area (Å²) in [5.41, 5.74) is 0. The number of sulfonamides is 1. The van der Waals surface area contributed by atoms with E-state index in [2.05, 4.69) is 27.6 Å². The number of unbranched alkanes of at least 4 members (excludes halogenated alkanes) is 1. The highest BCUT2D eigenvalue weighted by Crippen LogP contribution is 2.20. The number of rotatable bonds is 8. The Balaban J connectivity index is 2.74. The molecule has 0 aliphatic rings. The lowest BCUT2D eigenvalue weighted by molar-refractivity contribution is 0.443. The molecule has 0 fully saturated rings. The summed E-state index contributed by atoms with van der Waals surface area (Å²) in [6.45, 7) is 4.50. The number of hydrogen-bond donors (Lipinski definition) is 1. The van der Waals surface area contributed by atoms with Gasteiger partial charge in [0.25, 0.3) is 0 Å². The summed E-state index contributed by atoms with van der Waals surface area (Å²) in [7, 11) is -3.78. The first kappa shape index (κ1) is 17.6. The molecule has 0 spiro atoms. The van der Waals surface area contributed by atoms with Crippen LogP contribution < -0.4 is 4.72 Å². The Kier molecular flexibility index (Phi) is 7.12. The minimum absolute atomic E-state index is 0.295. The van der Waals surface area contributed by atoms with Crippen LogP contribution in [0.5, 0.6) is 0 Å². The van der Waals surface area contributed by atoms with Gasteiger partial charge in [0.2, 0.25) is 10.0 Å². The molecule has 0 saturated heterocycles. The molecule has 1 N–H and O–H groups in total. The molecule has 0 amide bonds. The van der Waals surface area contributed by atoms with Gasteiger partial charge in [-0.25, -0.2) is 17.5 Å². The first-order valence-corrected chi connectivity index (χ1v) is 9.13. The fourth-order valence-corrected chi connectivity index (χ4v) is 3.45. The predicted octanol–water partition coefficient (Wildman–Crippen LogP) is 4.08. The highest BCUT2D eigenvalue weighted by molar-refractivity contribution is 9.10. The van der Waals surface area contributed by atoms with Crippen molar-refractivity contribution in [3.8, 4) is 0 Å². The maximum absolute atomic E-state index is 13.7. The maximum Gasteiger partial charge on any atom is 0.243 e. The van der Waals surface area contributed by atoms with Gasteiger partial charge in [0.1, 0.15) is 10.7 Å². The fourth-order valence-electron chi connectivity index (χ4n) is 1.94. The van der Waals surface area contributed by atoms with Gasteiger partial charge in [0, 0.05) is 11.0 Å². The normalized spacial score (nSPS) is 13.4. The summed E-state index contributed by atoms with van der Waals surface area (Å²) in [5.74, 6) is -0.447. The van der Waals surface area contributed by atoms with Crippen molar-refractivity contribution in [1.29, 1.82) is 0 Å². The third-order valence-corrected chi connectivity index (χ3v) is 5.24. The molecule has 3 nitrogen and oxygen atoms in total. The standard InChI is InChI=1S/C14H21BrFNO2S/c1-3-5-6-11(4-2)10-17-20(18,19)14-8-7-12(15)9-13(14)16/h7-9,11,17H,3-6,10H2,1-2H3/t11-/m1/s1. The summed E-state index contributed by atoms with van der Waals surface area (Å²) in [6.07, 6.45) is 4.06. The molecule has 0 aliphatic heterocycles. The number of benzene rings is 1. The molecule has 1 atom stereocenters.